The van der Waals surface area contributed by atoms with Crippen molar-refractivity contribution in [1.29, 1.82) is 0 Å². The molecule has 1 aromatic heterocycles. The first kappa shape index (κ1) is 16.6. The summed E-state index contributed by atoms with van der Waals surface area (Å²) in [6.07, 6.45) is 3.23. The second kappa shape index (κ2) is 7.35. The quantitative estimate of drug-likeness (QED) is 0.786. The average molecular weight is 300 g/mol. The van der Waals surface area contributed by atoms with E-state index in [-0.39, 0.29) is 31.2 Å². The van der Waals surface area contributed by atoms with Gasteiger partial charge in [-0.1, -0.05) is 6.07 Å². The molecule has 0 radical (unpaired) electrons. The van der Waals surface area contributed by atoms with Crippen molar-refractivity contribution in [3.63, 3.8) is 0 Å². The van der Waals surface area contributed by atoms with Gasteiger partial charge in [0.2, 0.25) is 10.0 Å². The highest BCUT2D eigenvalue weighted by Gasteiger charge is 2.25. The van der Waals surface area contributed by atoms with Gasteiger partial charge >= 0.3 is 5.97 Å². The number of hydrogen-bond donors (Lipinski definition) is 1. The van der Waals surface area contributed by atoms with E-state index in [4.69, 9.17) is 5.11 Å². The molecule has 0 saturated heterocycles. The van der Waals surface area contributed by atoms with E-state index >= 15 is 0 Å². The fourth-order valence-corrected chi connectivity index (χ4v) is 3.53. The van der Waals surface area contributed by atoms with Gasteiger partial charge in [0.05, 0.1) is 5.75 Å². The summed E-state index contributed by atoms with van der Waals surface area (Å²) in [5, 5.41) is 8.58. The van der Waals surface area contributed by atoms with Crippen molar-refractivity contribution < 1.29 is 18.3 Å². The number of sulfonamides is 1. The highest BCUT2D eigenvalue weighted by atomic mass is 32.2. The Labute approximate surface area is 119 Å². The third-order valence-corrected chi connectivity index (χ3v) is 4.86. The molecule has 0 unspecified atom stereocenters. The SMILES string of the molecule is CC(C)N(Cc1cccnc1)S(=O)(=O)CCCC(=O)O. The smallest absolute Gasteiger partial charge is 0.303 e. The minimum absolute atomic E-state index is 0.119. The van der Waals surface area contributed by atoms with E-state index in [2.05, 4.69) is 4.98 Å². The van der Waals surface area contributed by atoms with Crippen LogP contribution in [0.25, 0.3) is 0 Å². The molecule has 0 aliphatic carbocycles. The van der Waals surface area contributed by atoms with Gasteiger partial charge in [0.15, 0.2) is 0 Å². The van der Waals surface area contributed by atoms with Crippen LogP contribution in [0.2, 0.25) is 0 Å². The highest BCUT2D eigenvalue weighted by Crippen LogP contribution is 2.14. The van der Waals surface area contributed by atoms with Crippen molar-refractivity contribution >= 4 is 16.0 Å². The Bertz CT molecular complexity index is 529. The largest absolute Gasteiger partial charge is 0.481 e. The lowest BCUT2D eigenvalue weighted by atomic mass is 10.2. The third-order valence-electron chi connectivity index (χ3n) is 2.79. The lowest BCUT2D eigenvalue weighted by Crippen LogP contribution is -2.38. The van der Waals surface area contributed by atoms with E-state index in [0.717, 1.165) is 5.56 Å². The van der Waals surface area contributed by atoms with Crippen LogP contribution >= 0.6 is 0 Å². The Morgan fingerprint density at radius 3 is 2.65 bits per heavy atom. The fraction of sp³-hybridized carbons (Fsp3) is 0.538. The molecular weight excluding hydrogens is 280 g/mol. The maximum absolute atomic E-state index is 12.3. The molecule has 0 bridgehead atoms. The highest BCUT2D eigenvalue weighted by molar-refractivity contribution is 7.89. The topological polar surface area (TPSA) is 87.6 Å². The molecule has 0 aliphatic rings. The van der Waals surface area contributed by atoms with Crippen LogP contribution in [-0.2, 0) is 21.4 Å². The van der Waals surface area contributed by atoms with E-state index in [9.17, 15) is 13.2 Å². The van der Waals surface area contributed by atoms with Gasteiger partial charge in [-0.25, -0.2) is 8.42 Å². The van der Waals surface area contributed by atoms with Crippen LogP contribution in [-0.4, -0.2) is 40.6 Å². The van der Waals surface area contributed by atoms with Crippen molar-refractivity contribution in [2.24, 2.45) is 0 Å². The summed E-state index contributed by atoms with van der Waals surface area (Å²) in [7, 11) is -3.47. The fourth-order valence-electron chi connectivity index (χ4n) is 1.80. The summed E-state index contributed by atoms with van der Waals surface area (Å²) in [4.78, 5) is 14.4. The van der Waals surface area contributed by atoms with Crippen molar-refractivity contribution in [2.75, 3.05) is 5.75 Å². The Hall–Kier alpha value is -1.47. The lowest BCUT2D eigenvalue weighted by molar-refractivity contribution is -0.137. The van der Waals surface area contributed by atoms with Crippen molar-refractivity contribution in [1.82, 2.24) is 9.29 Å². The molecule has 1 aromatic rings. The van der Waals surface area contributed by atoms with Crippen LogP contribution < -0.4 is 0 Å². The molecular formula is C13H20N2O4S. The van der Waals surface area contributed by atoms with Crippen molar-refractivity contribution in [3.05, 3.63) is 30.1 Å². The molecule has 1 heterocycles. The standard InChI is InChI=1S/C13H20N2O4S/c1-11(2)15(10-12-5-3-7-14-9-12)20(18,19)8-4-6-13(16)17/h3,5,7,9,11H,4,6,8,10H2,1-2H3,(H,16,17). The van der Waals surface area contributed by atoms with Crippen LogP contribution in [0.15, 0.2) is 24.5 Å². The summed E-state index contributed by atoms with van der Waals surface area (Å²) in [5.41, 5.74) is 0.808. The van der Waals surface area contributed by atoms with Crippen LogP contribution in [0.1, 0.15) is 32.3 Å². The number of carboxylic acid groups (broad SMARTS) is 1. The van der Waals surface area contributed by atoms with Gasteiger partial charge in [0, 0.05) is 31.4 Å². The normalized spacial score (nSPS) is 12.0. The van der Waals surface area contributed by atoms with E-state index in [1.807, 2.05) is 6.07 Å². The molecule has 1 rings (SSSR count). The Morgan fingerprint density at radius 1 is 1.45 bits per heavy atom. The molecule has 112 valence electrons. The molecule has 0 fully saturated rings. The number of hydrogen-bond acceptors (Lipinski definition) is 4. The maximum atomic E-state index is 12.3. The molecule has 0 saturated carbocycles. The number of carboxylic acids is 1. The predicted octanol–water partition coefficient (Wildman–Crippen LogP) is 1.49. The molecule has 0 aliphatic heterocycles. The van der Waals surface area contributed by atoms with Gasteiger partial charge < -0.3 is 5.11 Å². The monoisotopic (exact) mass is 300 g/mol. The zero-order chi connectivity index (χ0) is 15.2. The number of aromatic nitrogens is 1. The van der Waals surface area contributed by atoms with Gasteiger partial charge in [-0.15, -0.1) is 0 Å². The summed E-state index contributed by atoms with van der Waals surface area (Å²) in [6, 6.07) is 3.38. The number of rotatable bonds is 8. The summed E-state index contributed by atoms with van der Waals surface area (Å²) in [6.45, 7) is 3.84. The predicted molar refractivity (Wildman–Crippen MR) is 75.6 cm³/mol. The Morgan fingerprint density at radius 2 is 2.15 bits per heavy atom. The zero-order valence-electron chi connectivity index (χ0n) is 11.7. The van der Waals surface area contributed by atoms with Gasteiger partial charge in [0.25, 0.3) is 0 Å². The maximum Gasteiger partial charge on any atom is 0.303 e. The average Bonchev–Trinajstić information content (AvgIpc) is 2.36. The van der Waals surface area contributed by atoms with Crippen LogP contribution in [0, 0.1) is 0 Å². The lowest BCUT2D eigenvalue weighted by Gasteiger charge is -2.25. The second-order valence-electron chi connectivity index (χ2n) is 4.81. The summed E-state index contributed by atoms with van der Waals surface area (Å²) in [5.74, 6) is -1.14. The second-order valence-corrected chi connectivity index (χ2v) is 6.85. The van der Waals surface area contributed by atoms with E-state index in [0.29, 0.717) is 0 Å². The van der Waals surface area contributed by atoms with E-state index < -0.39 is 16.0 Å². The van der Waals surface area contributed by atoms with Crippen molar-refractivity contribution in [2.45, 2.75) is 39.3 Å². The number of aliphatic carboxylic acids is 1. The zero-order valence-corrected chi connectivity index (χ0v) is 12.5. The first-order valence-electron chi connectivity index (χ1n) is 6.43. The minimum atomic E-state index is -3.47. The molecule has 0 amide bonds. The van der Waals surface area contributed by atoms with E-state index in [1.165, 1.54) is 4.31 Å². The van der Waals surface area contributed by atoms with Crippen LogP contribution in [0.3, 0.4) is 0 Å². The molecule has 0 atom stereocenters. The first-order valence-corrected chi connectivity index (χ1v) is 8.04. The Kier molecular flexibility index (Phi) is 6.09. The minimum Gasteiger partial charge on any atom is -0.481 e. The van der Waals surface area contributed by atoms with Gasteiger partial charge in [0.1, 0.15) is 0 Å². The summed E-state index contributed by atoms with van der Waals surface area (Å²) >= 11 is 0. The first-order chi connectivity index (χ1) is 9.33. The Balaban J connectivity index is 2.76. The molecule has 7 heteroatoms. The molecule has 1 N–H and O–H groups in total. The molecule has 20 heavy (non-hydrogen) atoms. The molecule has 0 aromatic carbocycles. The number of carbonyl (C=O) groups is 1. The van der Waals surface area contributed by atoms with Gasteiger partial charge in [-0.2, -0.15) is 4.31 Å². The third kappa shape index (κ3) is 5.26. The molecule has 0 spiro atoms. The molecule has 6 nitrogen and oxygen atoms in total. The van der Waals surface area contributed by atoms with Gasteiger partial charge in [-0.3, -0.25) is 9.78 Å². The van der Waals surface area contributed by atoms with Gasteiger partial charge in [-0.05, 0) is 31.9 Å². The summed E-state index contributed by atoms with van der Waals surface area (Å²) < 4.78 is 25.9. The number of pyridine rings is 1. The van der Waals surface area contributed by atoms with E-state index in [1.54, 1.807) is 32.3 Å². The van der Waals surface area contributed by atoms with Crippen LogP contribution in [0.5, 0.6) is 0 Å². The van der Waals surface area contributed by atoms with Crippen LogP contribution in [0.4, 0.5) is 0 Å². The number of nitrogens with zero attached hydrogens (tertiary/aromatic N) is 2. The van der Waals surface area contributed by atoms with Crippen molar-refractivity contribution in [3.8, 4) is 0 Å².